The number of nitrogens with one attached hydrogen (secondary N) is 1. The molecule has 0 aliphatic rings. The summed E-state index contributed by atoms with van der Waals surface area (Å²) in [5, 5.41) is 12.7. The van der Waals surface area contributed by atoms with Gasteiger partial charge in [-0.1, -0.05) is 11.6 Å². The number of aryl methyl sites for hydroxylation is 1. The van der Waals surface area contributed by atoms with Gasteiger partial charge in [0, 0.05) is 10.7 Å². The lowest BCUT2D eigenvalue weighted by molar-refractivity contribution is -0.112. The molecular weight excluding hydrogens is 420 g/mol. The van der Waals surface area contributed by atoms with Gasteiger partial charge < -0.3 is 14.8 Å². The highest BCUT2D eigenvalue weighted by Crippen LogP contribution is 2.36. The summed E-state index contributed by atoms with van der Waals surface area (Å²) in [6.45, 7) is 1.82. The number of benzene rings is 2. The van der Waals surface area contributed by atoms with Gasteiger partial charge in [0.15, 0.2) is 11.5 Å². The van der Waals surface area contributed by atoms with E-state index in [2.05, 4.69) is 21.2 Å². The third kappa shape index (κ3) is 4.57. The molecule has 7 heteroatoms. The number of nitriles is 1. The quantitative estimate of drug-likeness (QED) is 0.531. The van der Waals surface area contributed by atoms with Crippen LogP contribution in [0.4, 0.5) is 5.69 Å². The first-order chi connectivity index (χ1) is 12.4. The Balaban J connectivity index is 2.34. The molecule has 0 heterocycles. The van der Waals surface area contributed by atoms with Crippen LogP contribution in [-0.2, 0) is 4.79 Å². The van der Waals surface area contributed by atoms with E-state index in [1.54, 1.807) is 30.3 Å². The molecule has 2 aromatic carbocycles. The molecule has 1 N–H and O–H groups in total. The Morgan fingerprint density at radius 1 is 1.27 bits per heavy atom. The summed E-state index contributed by atoms with van der Waals surface area (Å²) < 4.78 is 11.2. The van der Waals surface area contributed by atoms with E-state index in [1.165, 1.54) is 20.3 Å². The Morgan fingerprint density at radius 3 is 2.58 bits per heavy atom. The summed E-state index contributed by atoms with van der Waals surface area (Å²) in [6, 6.07) is 10.4. The van der Waals surface area contributed by atoms with Crippen LogP contribution in [-0.4, -0.2) is 20.1 Å². The first kappa shape index (κ1) is 19.8. The molecule has 1 amide bonds. The van der Waals surface area contributed by atoms with Gasteiger partial charge in [-0.15, -0.1) is 0 Å². The maximum atomic E-state index is 12.4. The molecule has 0 aromatic heterocycles. The minimum absolute atomic E-state index is 0.0431. The summed E-state index contributed by atoms with van der Waals surface area (Å²) in [5.41, 5.74) is 1.97. The summed E-state index contributed by atoms with van der Waals surface area (Å²) >= 11 is 9.30. The third-order valence-corrected chi connectivity index (χ3v) is 4.39. The molecule has 0 radical (unpaired) electrons. The maximum Gasteiger partial charge on any atom is 0.266 e. The molecule has 0 bridgehead atoms. The van der Waals surface area contributed by atoms with Crippen LogP contribution in [0.2, 0.25) is 5.02 Å². The Bertz CT molecular complexity index is 920. The van der Waals surface area contributed by atoms with Crippen molar-refractivity contribution in [1.82, 2.24) is 0 Å². The number of carbonyl (C=O) groups excluding carboxylic acids is 1. The van der Waals surface area contributed by atoms with E-state index in [-0.39, 0.29) is 5.57 Å². The lowest BCUT2D eigenvalue weighted by atomic mass is 10.1. The number of ether oxygens (including phenoxy) is 2. The van der Waals surface area contributed by atoms with E-state index < -0.39 is 5.91 Å². The minimum Gasteiger partial charge on any atom is -0.493 e. The molecule has 0 spiro atoms. The minimum atomic E-state index is -0.510. The first-order valence-corrected chi connectivity index (χ1v) is 8.67. The van der Waals surface area contributed by atoms with Gasteiger partial charge in [0.2, 0.25) is 0 Å². The molecule has 0 aliphatic heterocycles. The molecule has 0 unspecified atom stereocenters. The number of hydrogen-bond donors (Lipinski definition) is 1. The molecule has 2 aromatic rings. The molecule has 134 valence electrons. The largest absolute Gasteiger partial charge is 0.493 e. The van der Waals surface area contributed by atoms with Gasteiger partial charge in [0.25, 0.3) is 5.91 Å². The van der Waals surface area contributed by atoms with Crippen molar-refractivity contribution in [3.63, 3.8) is 0 Å². The van der Waals surface area contributed by atoms with Gasteiger partial charge >= 0.3 is 0 Å². The Morgan fingerprint density at radius 2 is 2.00 bits per heavy atom. The van der Waals surface area contributed by atoms with E-state index in [9.17, 15) is 10.1 Å². The maximum absolute atomic E-state index is 12.4. The van der Waals surface area contributed by atoms with Crippen LogP contribution in [0.15, 0.2) is 40.4 Å². The first-order valence-electron chi connectivity index (χ1n) is 7.50. The van der Waals surface area contributed by atoms with E-state index in [4.69, 9.17) is 21.1 Å². The normalized spacial score (nSPS) is 10.8. The molecule has 0 atom stereocenters. The standard InChI is InChI=1S/C19H16BrClN2O3/c1-11-6-14(21)4-5-16(11)23-19(24)13(10-22)7-12-8-15(20)18(26-3)17(9-12)25-2/h4-9H,1-3H3,(H,23,24)/b13-7+. The summed E-state index contributed by atoms with van der Waals surface area (Å²) in [4.78, 5) is 12.4. The zero-order valence-electron chi connectivity index (χ0n) is 14.4. The summed E-state index contributed by atoms with van der Waals surface area (Å²) in [6.07, 6.45) is 1.48. The number of carbonyl (C=O) groups is 1. The number of rotatable bonds is 5. The second-order valence-electron chi connectivity index (χ2n) is 5.32. The SMILES string of the molecule is COc1cc(/C=C(\C#N)C(=O)Nc2ccc(Cl)cc2C)cc(Br)c1OC. The predicted octanol–water partition coefficient (Wildman–Crippen LogP) is 4.97. The second-order valence-corrected chi connectivity index (χ2v) is 6.61. The van der Waals surface area contributed by atoms with Gasteiger partial charge in [-0.3, -0.25) is 4.79 Å². The molecule has 0 fully saturated rings. The fourth-order valence-corrected chi connectivity index (χ4v) is 3.14. The van der Waals surface area contributed by atoms with Crippen LogP contribution < -0.4 is 14.8 Å². The number of anilines is 1. The molecule has 0 aliphatic carbocycles. The van der Waals surface area contributed by atoms with Crippen LogP contribution in [0, 0.1) is 18.3 Å². The summed E-state index contributed by atoms with van der Waals surface area (Å²) in [7, 11) is 3.04. The van der Waals surface area contributed by atoms with Gasteiger partial charge in [-0.05, 0) is 70.4 Å². The van der Waals surface area contributed by atoms with Gasteiger partial charge in [-0.25, -0.2) is 0 Å². The lowest BCUT2D eigenvalue weighted by Crippen LogP contribution is -2.14. The average molecular weight is 436 g/mol. The lowest BCUT2D eigenvalue weighted by Gasteiger charge is -2.11. The van der Waals surface area contributed by atoms with E-state index in [1.807, 2.05) is 13.0 Å². The van der Waals surface area contributed by atoms with Crippen LogP contribution in [0.25, 0.3) is 6.08 Å². The van der Waals surface area contributed by atoms with Crippen LogP contribution in [0.5, 0.6) is 11.5 Å². The highest BCUT2D eigenvalue weighted by molar-refractivity contribution is 9.10. The van der Waals surface area contributed by atoms with E-state index in [0.29, 0.717) is 32.2 Å². The van der Waals surface area contributed by atoms with Crippen molar-refractivity contribution < 1.29 is 14.3 Å². The molecule has 0 saturated carbocycles. The topological polar surface area (TPSA) is 71.3 Å². The molecular formula is C19H16BrClN2O3. The zero-order valence-corrected chi connectivity index (χ0v) is 16.7. The molecule has 26 heavy (non-hydrogen) atoms. The number of halogens is 2. The van der Waals surface area contributed by atoms with Crippen LogP contribution >= 0.6 is 27.5 Å². The average Bonchev–Trinajstić information content (AvgIpc) is 2.61. The molecule has 5 nitrogen and oxygen atoms in total. The van der Waals surface area contributed by atoms with Crippen molar-refractivity contribution in [1.29, 1.82) is 5.26 Å². The fraction of sp³-hybridized carbons (Fsp3) is 0.158. The second kappa shape index (κ2) is 8.75. The number of methoxy groups -OCH3 is 2. The van der Waals surface area contributed by atoms with Crippen molar-refractivity contribution in [3.8, 4) is 17.6 Å². The number of nitrogens with zero attached hydrogens (tertiary/aromatic N) is 1. The Hall–Kier alpha value is -2.49. The summed E-state index contributed by atoms with van der Waals surface area (Å²) in [5.74, 6) is 0.507. The van der Waals surface area contributed by atoms with Gasteiger partial charge in [0.05, 0.1) is 18.7 Å². The van der Waals surface area contributed by atoms with Crippen molar-refractivity contribution in [2.24, 2.45) is 0 Å². The van der Waals surface area contributed by atoms with Crippen molar-refractivity contribution >= 4 is 45.2 Å². The van der Waals surface area contributed by atoms with E-state index in [0.717, 1.165) is 5.56 Å². The fourth-order valence-electron chi connectivity index (χ4n) is 2.29. The van der Waals surface area contributed by atoms with Gasteiger partial charge in [0.1, 0.15) is 11.6 Å². The monoisotopic (exact) mass is 434 g/mol. The number of hydrogen-bond acceptors (Lipinski definition) is 4. The smallest absolute Gasteiger partial charge is 0.266 e. The Labute approximate surface area is 165 Å². The highest BCUT2D eigenvalue weighted by Gasteiger charge is 2.14. The van der Waals surface area contributed by atoms with Gasteiger partial charge in [-0.2, -0.15) is 5.26 Å². The van der Waals surface area contributed by atoms with Crippen LogP contribution in [0.1, 0.15) is 11.1 Å². The van der Waals surface area contributed by atoms with E-state index >= 15 is 0 Å². The van der Waals surface area contributed by atoms with Crippen molar-refractivity contribution in [2.75, 3.05) is 19.5 Å². The van der Waals surface area contributed by atoms with Crippen molar-refractivity contribution in [3.05, 3.63) is 56.5 Å². The van der Waals surface area contributed by atoms with Crippen molar-refractivity contribution in [2.45, 2.75) is 6.92 Å². The third-order valence-electron chi connectivity index (χ3n) is 3.57. The molecule has 2 rings (SSSR count). The molecule has 0 saturated heterocycles. The zero-order chi connectivity index (χ0) is 19.3. The number of amides is 1. The predicted molar refractivity (Wildman–Crippen MR) is 106 cm³/mol. The Kier molecular flexibility index (Phi) is 6.67. The highest BCUT2D eigenvalue weighted by atomic mass is 79.9. The van der Waals surface area contributed by atoms with Crippen LogP contribution in [0.3, 0.4) is 0 Å².